The van der Waals surface area contributed by atoms with Crippen molar-refractivity contribution < 1.29 is 9.90 Å². The highest BCUT2D eigenvalue weighted by Crippen LogP contribution is 2.58. The third kappa shape index (κ3) is 3.54. The van der Waals surface area contributed by atoms with Gasteiger partial charge in [-0.15, -0.1) is 0 Å². The number of carboxylic acid groups (broad SMARTS) is 1. The number of aryl methyl sites for hydroxylation is 4. The topological polar surface area (TPSA) is 89.3 Å². The Morgan fingerprint density at radius 2 is 1.13 bits per heavy atom. The fourth-order valence-electron chi connectivity index (χ4n) is 6.47. The zero-order valence-corrected chi connectivity index (χ0v) is 22.7. The second-order valence-corrected chi connectivity index (χ2v) is 10.2. The zero-order chi connectivity index (χ0) is 27.2. The van der Waals surface area contributed by atoms with Gasteiger partial charge in [-0.1, -0.05) is 88.4 Å². The molecule has 0 fully saturated rings. The van der Waals surface area contributed by atoms with E-state index in [2.05, 4.69) is 76.2 Å². The van der Waals surface area contributed by atoms with Crippen LogP contribution < -0.4 is 11.5 Å². The smallest absolute Gasteiger partial charge is 0.336 e. The number of benzene rings is 4. The van der Waals surface area contributed by atoms with Crippen LogP contribution in [0, 0.1) is 0 Å². The number of hydrogen-bond acceptors (Lipinski definition) is 3. The van der Waals surface area contributed by atoms with Crippen molar-refractivity contribution in [3.8, 4) is 11.1 Å². The van der Waals surface area contributed by atoms with Crippen LogP contribution in [0.2, 0.25) is 0 Å². The Hall–Kier alpha value is -4.05. The highest BCUT2D eigenvalue weighted by atomic mass is 16.4. The first-order valence-corrected chi connectivity index (χ1v) is 13.6. The molecule has 1 aliphatic carbocycles. The first kappa shape index (κ1) is 25.6. The Labute approximate surface area is 225 Å². The summed E-state index contributed by atoms with van der Waals surface area (Å²) in [5.41, 5.74) is 24.7. The van der Waals surface area contributed by atoms with Gasteiger partial charge < -0.3 is 16.6 Å². The molecule has 0 radical (unpaired) electrons. The van der Waals surface area contributed by atoms with Crippen LogP contribution in [0.4, 0.5) is 11.4 Å². The predicted molar refractivity (Wildman–Crippen MR) is 157 cm³/mol. The number of nitrogens with two attached hydrogens (primary N) is 2. The van der Waals surface area contributed by atoms with E-state index in [1.54, 1.807) is 6.07 Å². The minimum atomic E-state index is -0.928. The fraction of sp³-hybridized carbons (Fsp3) is 0.265. The standard InChI is InChI=1S/C34H36N2O2/c1-5-20-16-24(17-21(6-2)31(20)35)34(25-18-22(7-3)32(36)23(8-4)19-25)29-15-10-9-12-26(29)27-13-11-14-28(30(27)34)33(37)38/h9-19H,5-8,35-36H2,1-4H3,(H,37,38). The molecule has 4 aromatic rings. The summed E-state index contributed by atoms with van der Waals surface area (Å²) in [6.07, 6.45) is 3.17. The predicted octanol–water partition coefficient (Wildman–Crippen LogP) is 7.16. The second kappa shape index (κ2) is 9.68. The number of carboxylic acids is 1. The van der Waals surface area contributed by atoms with E-state index in [4.69, 9.17) is 11.5 Å². The van der Waals surface area contributed by atoms with Gasteiger partial charge in [-0.2, -0.15) is 0 Å². The van der Waals surface area contributed by atoms with Gasteiger partial charge in [0, 0.05) is 11.4 Å². The normalized spacial score (nSPS) is 13.3. The van der Waals surface area contributed by atoms with Gasteiger partial charge in [0.2, 0.25) is 0 Å². The Morgan fingerprint density at radius 3 is 1.58 bits per heavy atom. The average Bonchev–Trinajstić information content (AvgIpc) is 3.24. The Morgan fingerprint density at radius 1 is 0.684 bits per heavy atom. The number of hydrogen-bond donors (Lipinski definition) is 3. The first-order valence-electron chi connectivity index (χ1n) is 13.6. The lowest BCUT2D eigenvalue weighted by Crippen LogP contribution is -2.31. The molecule has 1 aliphatic rings. The van der Waals surface area contributed by atoms with Gasteiger partial charge in [0.05, 0.1) is 11.0 Å². The van der Waals surface area contributed by atoms with E-state index in [-0.39, 0.29) is 0 Å². The molecular weight excluding hydrogens is 468 g/mol. The van der Waals surface area contributed by atoms with Crippen molar-refractivity contribution in [2.75, 3.05) is 11.5 Å². The quantitative estimate of drug-likeness (QED) is 0.205. The van der Waals surface area contributed by atoms with E-state index < -0.39 is 11.4 Å². The SMILES string of the molecule is CCc1cc(C2(c3cc(CC)c(N)c(CC)c3)c3ccccc3-c3cccc(C(=O)O)c32)cc(CC)c1N. The van der Waals surface area contributed by atoms with Crippen molar-refractivity contribution in [1.82, 2.24) is 0 Å². The van der Waals surface area contributed by atoms with Gasteiger partial charge in [0.25, 0.3) is 0 Å². The van der Waals surface area contributed by atoms with Gasteiger partial charge in [0.15, 0.2) is 0 Å². The minimum absolute atomic E-state index is 0.319. The van der Waals surface area contributed by atoms with E-state index in [0.29, 0.717) is 5.56 Å². The molecule has 0 saturated heterocycles. The third-order valence-electron chi connectivity index (χ3n) is 8.38. The Balaban J connectivity index is 2.06. The van der Waals surface area contributed by atoms with Crippen LogP contribution in [0.25, 0.3) is 11.1 Å². The van der Waals surface area contributed by atoms with Crippen LogP contribution in [0.3, 0.4) is 0 Å². The molecule has 0 amide bonds. The van der Waals surface area contributed by atoms with E-state index in [9.17, 15) is 9.90 Å². The summed E-state index contributed by atoms with van der Waals surface area (Å²) in [6, 6.07) is 22.8. The van der Waals surface area contributed by atoms with Gasteiger partial charge in [-0.05, 0) is 87.4 Å². The molecule has 0 atom stereocenters. The number of rotatable bonds is 7. The summed E-state index contributed by atoms with van der Waals surface area (Å²) < 4.78 is 0. The van der Waals surface area contributed by atoms with E-state index in [0.717, 1.165) is 92.7 Å². The summed E-state index contributed by atoms with van der Waals surface area (Å²) in [5, 5.41) is 10.5. The molecule has 0 saturated carbocycles. The molecule has 4 nitrogen and oxygen atoms in total. The van der Waals surface area contributed by atoms with E-state index in [1.165, 1.54) is 0 Å². The molecule has 0 heterocycles. The van der Waals surface area contributed by atoms with Crippen LogP contribution in [0.1, 0.15) is 82.6 Å². The lowest BCUT2D eigenvalue weighted by molar-refractivity contribution is 0.0695. The van der Waals surface area contributed by atoms with Crippen molar-refractivity contribution >= 4 is 17.3 Å². The maximum Gasteiger partial charge on any atom is 0.336 e. The highest BCUT2D eigenvalue weighted by molar-refractivity contribution is 5.98. The van der Waals surface area contributed by atoms with Crippen molar-refractivity contribution in [3.63, 3.8) is 0 Å². The number of carbonyl (C=O) groups is 1. The van der Waals surface area contributed by atoms with Crippen LogP contribution in [0.5, 0.6) is 0 Å². The maximum atomic E-state index is 12.8. The molecule has 0 aliphatic heterocycles. The number of fused-ring (bicyclic) bond motifs is 3. The number of anilines is 2. The minimum Gasteiger partial charge on any atom is -0.478 e. The molecule has 0 aromatic heterocycles. The lowest BCUT2D eigenvalue weighted by atomic mass is 9.65. The largest absolute Gasteiger partial charge is 0.478 e. The lowest BCUT2D eigenvalue weighted by Gasteiger charge is -2.36. The zero-order valence-electron chi connectivity index (χ0n) is 22.7. The van der Waals surface area contributed by atoms with Crippen LogP contribution in [0.15, 0.2) is 66.7 Å². The Bertz CT molecular complexity index is 1460. The van der Waals surface area contributed by atoms with E-state index in [1.807, 2.05) is 12.1 Å². The molecule has 38 heavy (non-hydrogen) atoms. The molecule has 4 heteroatoms. The third-order valence-corrected chi connectivity index (χ3v) is 8.38. The van der Waals surface area contributed by atoms with Gasteiger partial charge in [-0.3, -0.25) is 0 Å². The number of aromatic carboxylic acids is 1. The molecule has 0 bridgehead atoms. The summed E-state index contributed by atoms with van der Waals surface area (Å²) in [7, 11) is 0. The van der Waals surface area contributed by atoms with Crippen molar-refractivity contribution in [1.29, 1.82) is 0 Å². The maximum absolute atomic E-state index is 12.8. The fourth-order valence-corrected chi connectivity index (χ4v) is 6.47. The molecule has 194 valence electrons. The van der Waals surface area contributed by atoms with Crippen molar-refractivity contribution in [2.45, 2.75) is 58.8 Å². The molecule has 5 N–H and O–H groups in total. The van der Waals surface area contributed by atoms with Gasteiger partial charge in [-0.25, -0.2) is 4.79 Å². The van der Waals surface area contributed by atoms with Crippen molar-refractivity contribution in [2.24, 2.45) is 0 Å². The molecule has 5 rings (SSSR count). The van der Waals surface area contributed by atoms with Crippen molar-refractivity contribution in [3.05, 3.63) is 117 Å². The molecule has 0 unspecified atom stereocenters. The second-order valence-electron chi connectivity index (χ2n) is 10.2. The summed E-state index contributed by atoms with van der Waals surface area (Å²) in [5.74, 6) is -0.928. The van der Waals surface area contributed by atoms with Crippen LogP contribution >= 0.6 is 0 Å². The van der Waals surface area contributed by atoms with Crippen LogP contribution in [-0.2, 0) is 31.1 Å². The Kier molecular flexibility index (Phi) is 6.52. The first-order chi connectivity index (χ1) is 18.3. The van der Waals surface area contributed by atoms with Gasteiger partial charge in [0.1, 0.15) is 0 Å². The summed E-state index contributed by atoms with van der Waals surface area (Å²) in [4.78, 5) is 12.8. The summed E-state index contributed by atoms with van der Waals surface area (Å²) >= 11 is 0. The molecular formula is C34H36N2O2. The average molecular weight is 505 g/mol. The molecule has 4 aromatic carbocycles. The molecule has 0 spiro atoms. The highest BCUT2D eigenvalue weighted by Gasteiger charge is 2.49. The van der Waals surface area contributed by atoms with E-state index >= 15 is 0 Å². The number of nitrogen functional groups attached to an aromatic ring is 2. The van der Waals surface area contributed by atoms with Crippen LogP contribution in [-0.4, -0.2) is 11.1 Å². The summed E-state index contributed by atoms with van der Waals surface area (Å²) in [6.45, 7) is 8.48. The van der Waals surface area contributed by atoms with Gasteiger partial charge >= 0.3 is 5.97 Å². The monoisotopic (exact) mass is 504 g/mol.